The fourth-order valence-corrected chi connectivity index (χ4v) is 5.39. The summed E-state index contributed by atoms with van der Waals surface area (Å²) in [5.74, 6) is 1.42. The average Bonchev–Trinajstić information content (AvgIpc) is 3.26. The summed E-state index contributed by atoms with van der Waals surface area (Å²) in [5, 5.41) is 2.86. The number of carbonyl (C=O) groups is 2. The van der Waals surface area contributed by atoms with Gasteiger partial charge in [0.05, 0.1) is 19.3 Å². The van der Waals surface area contributed by atoms with Crippen molar-refractivity contribution >= 4 is 29.4 Å². The normalized spacial score (nSPS) is 20.6. The summed E-state index contributed by atoms with van der Waals surface area (Å²) in [6, 6.07) is 15.3. The maximum Gasteiger partial charge on any atom is 0.319 e. The number of rotatable bonds is 4. The molecule has 2 heterocycles. The molecule has 3 amide bonds. The van der Waals surface area contributed by atoms with E-state index < -0.39 is 4.87 Å². The molecule has 2 aromatic carbocycles. The number of ether oxygens (including phenoxy) is 1. The predicted molar refractivity (Wildman–Crippen MR) is 111 cm³/mol. The molecule has 0 saturated carbocycles. The number of urea groups is 1. The van der Waals surface area contributed by atoms with Crippen LogP contribution < -0.4 is 15.0 Å². The van der Waals surface area contributed by atoms with Crippen molar-refractivity contribution in [1.82, 2.24) is 10.2 Å². The first-order valence-electron chi connectivity index (χ1n) is 9.35. The van der Waals surface area contributed by atoms with E-state index in [0.29, 0.717) is 19.6 Å². The van der Waals surface area contributed by atoms with Crippen LogP contribution in [0.25, 0.3) is 0 Å². The Balaban J connectivity index is 1.75. The van der Waals surface area contributed by atoms with Gasteiger partial charge >= 0.3 is 6.03 Å². The van der Waals surface area contributed by atoms with E-state index >= 15 is 0 Å². The summed E-state index contributed by atoms with van der Waals surface area (Å²) >= 11 is 1.54. The van der Waals surface area contributed by atoms with Crippen LogP contribution in [0.5, 0.6) is 5.75 Å². The van der Waals surface area contributed by atoms with Gasteiger partial charge in [-0.15, -0.1) is 11.8 Å². The van der Waals surface area contributed by atoms with Gasteiger partial charge in [0.2, 0.25) is 0 Å². The molecule has 6 nitrogen and oxygen atoms in total. The van der Waals surface area contributed by atoms with Crippen molar-refractivity contribution in [3.63, 3.8) is 0 Å². The van der Waals surface area contributed by atoms with Crippen molar-refractivity contribution in [3.05, 3.63) is 59.7 Å². The molecule has 0 aliphatic carbocycles. The van der Waals surface area contributed by atoms with Crippen molar-refractivity contribution in [2.75, 3.05) is 30.9 Å². The van der Waals surface area contributed by atoms with Crippen molar-refractivity contribution in [2.45, 2.75) is 18.3 Å². The molecule has 0 bridgehead atoms. The van der Waals surface area contributed by atoms with E-state index in [-0.39, 0.29) is 11.9 Å². The topological polar surface area (TPSA) is 61.9 Å². The Morgan fingerprint density at radius 3 is 2.86 bits per heavy atom. The minimum absolute atomic E-state index is 0.0646. The summed E-state index contributed by atoms with van der Waals surface area (Å²) in [4.78, 5) is 28.9. The molecule has 2 aliphatic rings. The van der Waals surface area contributed by atoms with E-state index in [4.69, 9.17) is 4.74 Å². The van der Waals surface area contributed by atoms with E-state index in [0.717, 1.165) is 28.3 Å². The predicted octanol–water partition coefficient (Wildman–Crippen LogP) is 3.17. The highest BCUT2D eigenvalue weighted by Crippen LogP contribution is 2.54. The van der Waals surface area contributed by atoms with Crippen LogP contribution in [0.4, 0.5) is 10.5 Å². The summed E-state index contributed by atoms with van der Waals surface area (Å²) < 4.78 is 5.32. The zero-order chi connectivity index (χ0) is 19.7. The van der Waals surface area contributed by atoms with E-state index in [1.165, 1.54) is 11.8 Å². The standard InChI is InChI=1S/C21H23N3O3S/c1-3-22-20(26)24-11-12-28-21(24)17-9-4-5-10-18(17)23(19(21)25)14-15-7-6-8-16(13-15)27-2/h4-10,13H,3,11-12,14H2,1-2H3,(H,22,26). The number of fused-ring (bicyclic) bond motifs is 2. The number of para-hydroxylation sites is 1. The summed E-state index contributed by atoms with van der Waals surface area (Å²) in [6.07, 6.45) is 0. The number of nitrogens with one attached hydrogen (secondary N) is 1. The molecule has 1 N–H and O–H groups in total. The van der Waals surface area contributed by atoms with Crippen molar-refractivity contribution in [2.24, 2.45) is 0 Å². The van der Waals surface area contributed by atoms with E-state index in [1.54, 1.807) is 16.9 Å². The maximum atomic E-state index is 13.7. The first-order chi connectivity index (χ1) is 13.6. The fourth-order valence-electron chi connectivity index (χ4n) is 3.93. The van der Waals surface area contributed by atoms with Gasteiger partial charge < -0.3 is 15.0 Å². The second-order valence-electron chi connectivity index (χ2n) is 6.74. The number of hydrogen-bond donors (Lipinski definition) is 1. The lowest BCUT2D eigenvalue weighted by atomic mass is 10.1. The first-order valence-corrected chi connectivity index (χ1v) is 10.3. The van der Waals surface area contributed by atoms with Crippen LogP contribution in [0.2, 0.25) is 0 Å². The second kappa shape index (κ2) is 7.39. The Bertz CT molecular complexity index is 919. The number of amides is 3. The molecule has 28 heavy (non-hydrogen) atoms. The number of nitrogens with zero attached hydrogens (tertiary/aromatic N) is 2. The molecule has 1 saturated heterocycles. The molecule has 146 valence electrons. The summed E-state index contributed by atoms with van der Waals surface area (Å²) in [6.45, 7) is 3.38. The number of methoxy groups -OCH3 is 1. The van der Waals surface area contributed by atoms with Gasteiger partial charge in [-0.25, -0.2) is 4.79 Å². The number of anilines is 1. The molecular formula is C21H23N3O3S. The largest absolute Gasteiger partial charge is 0.497 e. The van der Waals surface area contributed by atoms with Crippen LogP contribution in [0.1, 0.15) is 18.1 Å². The molecule has 1 atom stereocenters. The van der Waals surface area contributed by atoms with Gasteiger partial charge in [0.25, 0.3) is 5.91 Å². The van der Waals surface area contributed by atoms with Gasteiger partial charge in [0.15, 0.2) is 4.87 Å². The molecule has 1 unspecified atom stereocenters. The lowest BCUT2D eigenvalue weighted by Crippen LogP contribution is -2.53. The number of thioether (sulfide) groups is 1. The third-order valence-corrected chi connectivity index (χ3v) is 6.57. The summed E-state index contributed by atoms with van der Waals surface area (Å²) in [5.41, 5.74) is 2.72. The zero-order valence-corrected chi connectivity index (χ0v) is 16.8. The van der Waals surface area contributed by atoms with Gasteiger partial charge in [0, 0.05) is 24.4 Å². The van der Waals surface area contributed by atoms with Gasteiger partial charge in [-0.1, -0.05) is 30.3 Å². The van der Waals surface area contributed by atoms with Crippen LogP contribution in [0, 0.1) is 0 Å². The number of benzene rings is 2. The Morgan fingerprint density at radius 2 is 2.07 bits per heavy atom. The van der Waals surface area contributed by atoms with Crippen molar-refractivity contribution < 1.29 is 14.3 Å². The highest BCUT2D eigenvalue weighted by molar-refractivity contribution is 8.01. The third-order valence-electron chi connectivity index (χ3n) is 5.15. The lowest BCUT2D eigenvalue weighted by molar-refractivity contribution is -0.123. The van der Waals surface area contributed by atoms with Crippen LogP contribution in [0.3, 0.4) is 0 Å². The minimum atomic E-state index is -0.991. The molecule has 0 aromatic heterocycles. The van der Waals surface area contributed by atoms with Crippen LogP contribution in [-0.4, -0.2) is 42.8 Å². The quantitative estimate of drug-likeness (QED) is 0.861. The SMILES string of the molecule is CCNC(=O)N1CCSC12C(=O)N(Cc1cccc(OC)c1)c1ccccc12. The first kappa shape index (κ1) is 18.7. The Morgan fingerprint density at radius 1 is 1.25 bits per heavy atom. The highest BCUT2D eigenvalue weighted by atomic mass is 32.2. The van der Waals surface area contributed by atoms with Crippen LogP contribution in [0.15, 0.2) is 48.5 Å². The van der Waals surface area contributed by atoms with Crippen molar-refractivity contribution in [3.8, 4) is 5.75 Å². The fraction of sp³-hybridized carbons (Fsp3) is 0.333. The Labute approximate surface area is 168 Å². The zero-order valence-electron chi connectivity index (χ0n) is 16.0. The third kappa shape index (κ3) is 2.81. The van der Waals surface area contributed by atoms with E-state index in [1.807, 2.05) is 55.5 Å². The second-order valence-corrected chi connectivity index (χ2v) is 8.03. The van der Waals surface area contributed by atoms with E-state index in [9.17, 15) is 9.59 Å². The minimum Gasteiger partial charge on any atom is -0.497 e. The lowest BCUT2D eigenvalue weighted by Gasteiger charge is -2.33. The summed E-state index contributed by atoms with van der Waals surface area (Å²) in [7, 11) is 1.63. The molecule has 0 radical (unpaired) electrons. The van der Waals surface area contributed by atoms with Gasteiger partial charge in [-0.2, -0.15) is 0 Å². The van der Waals surface area contributed by atoms with Crippen molar-refractivity contribution in [1.29, 1.82) is 0 Å². The van der Waals surface area contributed by atoms with Gasteiger partial charge in [-0.3, -0.25) is 9.69 Å². The van der Waals surface area contributed by atoms with Gasteiger partial charge in [-0.05, 0) is 30.7 Å². The van der Waals surface area contributed by atoms with E-state index in [2.05, 4.69) is 5.32 Å². The smallest absolute Gasteiger partial charge is 0.319 e. The van der Waals surface area contributed by atoms with Crippen LogP contribution >= 0.6 is 11.8 Å². The Hall–Kier alpha value is -2.67. The molecule has 2 aromatic rings. The highest BCUT2D eigenvalue weighted by Gasteiger charge is 2.59. The molecule has 7 heteroatoms. The Kier molecular flexibility index (Phi) is 4.93. The average molecular weight is 398 g/mol. The monoisotopic (exact) mass is 397 g/mol. The number of hydrogen-bond acceptors (Lipinski definition) is 4. The number of carbonyl (C=O) groups excluding carboxylic acids is 2. The molecule has 1 fully saturated rings. The molecular weight excluding hydrogens is 374 g/mol. The molecule has 4 rings (SSSR count). The van der Waals surface area contributed by atoms with Crippen LogP contribution in [-0.2, 0) is 16.2 Å². The molecule has 1 spiro atoms. The maximum absolute atomic E-state index is 13.7. The molecule has 2 aliphatic heterocycles. The van der Waals surface area contributed by atoms with Gasteiger partial charge in [0.1, 0.15) is 5.75 Å².